The van der Waals surface area contributed by atoms with Gasteiger partial charge in [0.1, 0.15) is 5.75 Å². The molecule has 3 rings (SSSR count). The van der Waals surface area contributed by atoms with Crippen molar-refractivity contribution in [1.29, 1.82) is 0 Å². The van der Waals surface area contributed by atoms with Crippen LogP contribution in [0.2, 0.25) is 0 Å². The number of morpholine rings is 1. The van der Waals surface area contributed by atoms with Gasteiger partial charge in [-0.15, -0.1) is 0 Å². The Morgan fingerprint density at radius 2 is 1.79 bits per heavy atom. The number of hydrogen-bond donors (Lipinski definition) is 0. The molecular weight excluding hydrogens is 326 g/mol. The summed E-state index contributed by atoms with van der Waals surface area (Å²) in [6, 6.07) is 6.83. The molecule has 0 spiro atoms. The molecule has 6 heteroatoms. The molecule has 1 unspecified atom stereocenters. The molecule has 1 aliphatic carbocycles. The first-order chi connectivity index (χ1) is 11.3. The van der Waals surface area contributed by atoms with Crippen molar-refractivity contribution in [3.05, 3.63) is 24.3 Å². The van der Waals surface area contributed by atoms with Crippen LogP contribution in [-0.2, 0) is 14.8 Å². The number of ether oxygens (including phenoxy) is 2. The Balaban J connectivity index is 1.78. The smallest absolute Gasteiger partial charge is 0.243 e. The summed E-state index contributed by atoms with van der Waals surface area (Å²) < 4.78 is 39.2. The summed E-state index contributed by atoms with van der Waals surface area (Å²) >= 11 is 0. The van der Waals surface area contributed by atoms with Crippen LogP contribution in [-0.4, -0.2) is 43.6 Å². The van der Waals surface area contributed by atoms with Gasteiger partial charge in [0.2, 0.25) is 10.0 Å². The van der Waals surface area contributed by atoms with Gasteiger partial charge in [-0.25, -0.2) is 8.42 Å². The Labute approximate surface area is 145 Å². The van der Waals surface area contributed by atoms with Gasteiger partial charge >= 0.3 is 0 Å². The van der Waals surface area contributed by atoms with Gasteiger partial charge < -0.3 is 9.47 Å². The molecule has 1 saturated carbocycles. The maximum absolute atomic E-state index is 13.0. The lowest BCUT2D eigenvalue weighted by Gasteiger charge is -2.43. The standard InChI is InChI=1S/C18H27NO4S/c1-14-12-19(18(2,3)13-22-14)24(20,21)17-10-8-16(9-11-17)23-15-6-4-5-7-15/h8-11,14-15H,4-7,12-13H2,1-3H3. The van der Waals surface area contributed by atoms with Gasteiger partial charge in [0.05, 0.1) is 29.2 Å². The summed E-state index contributed by atoms with van der Waals surface area (Å²) in [5.41, 5.74) is -0.551. The van der Waals surface area contributed by atoms with E-state index in [0.29, 0.717) is 18.0 Å². The number of nitrogens with zero attached hydrogens (tertiary/aromatic N) is 1. The van der Waals surface area contributed by atoms with Crippen LogP contribution in [0.5, 0.6) is 5.75 Å². The third kappa shape index (κ3) is 3.60. The quantitative estimate of drug-likeness (QED) is 0.834. The van der Waals surface area contributed by atoms with Crippen molar-refractivity contribution in [2.24, 2.45) is 0 Å². The summed E-state index contributed by atoms with van der Waals surface area (Å²) in [6.45, 7) is 6.46. The van der Waals surface area contributed by atoms with Gasteiger partial charge in [-0.05, 0) is 70.7 Å². The van der Waals surface area contributed by atoms with E-state index in [-0.39, 0.29) is 12.2 Å². The van der Waals surface area contributed by atoms with Crippen molar-refractivity contribution in [1.82, 2.24) is 4.31 Å². The molecular formula is C18H27NO4S. The Kier molecular flexibility index (Phi) is 4.91. The van der Waals surface area contributed by atoms with E-state index >= 15 is 0 Å². The maximum atomic E-state index is 13.0. The molecule has 1 aromatic rings. The lowest BCUT2D eigenvalue weighted by Crippen LogP contribution is -2.57. The maximum Gasteiger partial charge on any atom is 0.243 e. The molecule has 2 aliphatic rings. The van der Waals surface area contributed by atoms with Crippen LogP contribution in [0, 0.1) is 0 Å². The molecule has 2 fully saturated rings. The van der Waals surface area contributed by atoms with E-state index in [1.165, 1.54) is 12.8 Å². The second-order valence-electron chi connectivity index (χ2n) is 7.47. The minimum Gasteiger partial charge on any atom is -0.490 e. The van der Waals surface area contributed by atoms with E-state index in [9.17, 15) is 8.42 Å². The first kappa shape index (κ1) is 17.7. The monoisotopic (exact) mass is 353 g/mol. The van der Waals surface area contributed by atoms with E-state index < -0.39 is 15.6 Å². The Bertz CT molecular complexity index is 663. The van der Waals surface area contributed by atoms with Crippen molar-refractivity contribution in [3.8, 4) is 5.75 Å². The van der Waals surface area contributed by atoms with Crippen LogP contribution < -0.4 is 4.74 Å². The number of benzene rings is 1. The molecule has 1 heterocycles. The fourth-order valence-corrected chi connectivity index (χ4v) is 5.24. The zero-order chi connectivity index (χ0) is 17.4. The highest BCUT2D eigenvalue weighted by molar-refractivity contribution is 7.89. The van der Waals surface area contributed by atoms with Crippen LogP contribution in [0.15, 0.2) is 29.2 Å². The third-order valence-electron chi connectivity index (χ3n) is 4.84. The van der Waals surface area contributed by atoms with Crippen LogP contribution >= 0.6 is 0 Å². The van der Waals surface area contributed by atoms with Crippen molar-refractivity contribution < 1.29 is 17.9 Å². The highest BCUT2D eigenvalue weighted by Crippen LogP contribution is 2.31. The lowest BCUT2D eigenvalue weighted by atomic mass is 10.1. The van der Waals surface area contributed by atoms with Crippen LogP contribution in [0.3, 0.4) is 0 Å². The molecule has 0 aromatic heterocycles. The predicted octanol–water partition coefficient (Wildman–Crippen LogP) is 3.20. The van der Waals surface area contributed by atoms with Gasteiger partial charge in [0.25, 0.3) is 0 Å². The van der Waals surface area contributed by atoms with Crippen molar-refractivity contribution in [3.63, 3.8) is 0 Å². The summed E-state index contributed by atoms with van der Waals surface area (Å²) in [5.74, 6) is 0.746. The SMILES string of the molecule is CC1CN(S(=O)(=O)c2ccc(OC3CCCC3)cc2)C(C)(C)CO1. The summed E-state index contributed by atoms with van der Waals surface area (Å²) in [7, 11) is -3.55. The van der Waals surface area contributed by atoms with Crippen molar-refractivity contribution in [2.75, 3.05) is 13.2 Å². The fourth-order valence-electron chi connectivity index (χ4n) is 3.39. The number of sulfonamides is 1. The summed E-state index contributed by atoms with van der Waals surface area (Å²) in [5, 5.41) is 0. The number of hydrogen-bond acceptors (Lipinski definition) is 4. The Hall–Kier alpha value is -1.11. The van der Waals surface area contributed by atoms with E-state index in [4.69, 9.17) is 9.47 Å². The van der Waals surface area contributed by atoms with Crippen LogP contribution in [0.25, 0.3) is 0 Å². The molecule has 5 nitrogen and oxygen atoms in total. The molecule has 0 bridgehead atoms. The molecule has 0 N–H and O–H groups in total. The van der Waals surface area contributed by atoms with Gasteiger partial charge in [0.15, 0.2) is 0 Å². The largest absolute Gasteiger partial charge is 0.490 e. The molecule has 24 heavy (non-hydrogen) atoms. The van der Waals surface area contributed by atoms with Crippen molar-refractivity contribution >= 4 is 10.0 Å². The number of rotatable bonds is 4. The lowest BCUT2D eigenvalue weighted by molar-refractivity contribution is -0.0551. The fraction of sp³-hybridized carbons (Fsp3) is 0.667. The summed E-state index contributed by atoms with van der Waals surface area (Å²) in [6.07, 6.45) is 4.76. The molecule has 134 valence electrons. The second-order valence-corrected chi connectivity index (χ2v) is 9.33. The normalized spacial score (nSPS) is 25.7. The minimum absolute atomic E-state index is 0.0993. The van der Waals surface area contributed by atoms with Crippen LogP contribution in [0.4, 0.5) is 0 Å². The Morgan fingerprint density at radius 3 is 2.42 bits per heavy atom. The average molecular weight is 353 g/mol. The highest BCUT2D eigenvalue weighted by atomic mass is 32.2. The van der Waals surface area contributed by atoms with Gasteiger partial charge in [-0.1, -0.05) is 0 Å². The molecule has 1 aromatic carbocycles. The molecule has 1 saturated heterocycles. The minimum atomic E-state index is -3.55. The van der Waals surface area contributed by atoms with Gasteiger partial charge in [-0.2, -0.15) is 4.31 Å². The molecule has 0 radical (unpaired) electrons. The Morgan fingerprint density at radius 1 is 1.17 bits per heavy atom. The molecule has 1 atom stereocenters. The topological polar surface area (TPSA) is 55.8 Å². The third-order valence-corrected chi connectivity index (χ3v) is 6.93. The van der Waals surface area contributed by atoms with Crippen molar-refractivity contribution in [2.45, 2.75) is 69.1 Å². The second kappa shape index (κ2) is 6.65. The first-order valence-corrected chi connectivity index (χ1v) is 10.1. The summed E-state index contributed by atoms with van der Waals surface area (Å²) in [4.78, 5) is 0.309. The van der Waals surface area contributed by atoms with E-state index in [2.05, 4.69) is 0 Å². The zero-order valence-electron chi connectivity index (χ0n) is 14.7. The first-order valence-electron chi connectivity index (χ1n) is 8.70. The van der Waals surface area contributed by atoms with Crippen LogP contribution in [0.1, 0.15) is 46.5 Å². The predicted molar refractivity (Wildman–Crippen MR) is 92.7 cm³/mol. The molecule has 1 aliphatic heterocycles. The van der Waals surface area contributed by atoms with Gasteiger partial charge in [0, 0.05) is 6.54 Å². The average Bonchev–Trinajstić information content (AvgIpc) is 3.03. The van der Waals surface area contributed by atoms with E-state index in [1.807, 2.05) is 20.8 Å². The zero-order valence-corrected chi connectivity index (χ0v) is 15.5. The van der Waals surface area contributed by atoms with E-state index in [0.717, 1.165) is 18.6 Å². The molecule has 0 amide bonds. The van der Waals surface area contributed by atoms with Gasteiger partial charge in [-0.3, -0.25) is 0 Å². The van der Waals surface area contributed by atoms with E-state index in [1.54, 1.807) is 28.6 Å². The highest BCUT2D eigenvalue weighted by Gasteiger charge is 2.41.